The molecular formula is C16H15BrF2O2. The van der Waals surface area contributed by atoms with Gasteiger partial charge in [0.25, 0.3) is 0 Å². The lowest BCUT2D eigenvalue weighted by molar-refractivity contribution is 0.404. The van der Waals surface area contributed by atoms with Gasteiger partial charge in [-0.15, -0.1) is 0 Å². The van der Waals surface area contributed by atoms with Crippen molar-refractivity contribution in [2.45, 2.75) is 11.8 Å². The van der Waals surface area contributed by atoms with Crippen molar-refractivity contribution in [1.29, 1.82) is 0 Å². The molecule has 2 aromatic carbocycles. The molecule has 0 aromatic heterocycles. The number of alkyl halides is 1. The van der Waals surface area contributed by atoms with Crippen molar-refractivity contribution in [2.24, 2.45) is 0 Å². The van der Waals surface area contributed by atoms with E-state index in [2.05, 4.69) is 15.9 Å². The quantitative estimate of drug-likeness (QED) is 0.734. The maximum atomic E-state index is 14.2. The molecule has 0 saturated carbocycles. The zero-order valence-electron chi connectivity index (χ0n) is 11.9. The monoisotopic (exact) mass is 356 g/mol. The Kier molecular flexibility index (Phi) is 4.83. The van der Waals surface area contributed by atoms with E-state index >= 15 is 0 Å². The first kappa shape index (κ1) is 15.8. The van der Waals surface area contributed by atoms with E-state index in [4.69, 9.17) is 9.47 Å². The highest BCUT2D eigenvalue weighted by atomic mass is 79.9. The number of halogens is 3. The Bertz CT molecular complexity index is 636. The summed E-state index contributed by atoms with van der Waals surface area (Å²) in [6, 6.07) is 7.81. The predicted octanol–water partition coefficient (Wildman–Crippen LogP) is 4.77. The molecule has 0 heterocycles. The highest BCUT2D eigenvalue weighted by molar-refractivity contribution is 9.09. The fourth-order valence-corrected chi connectivity index (χ4v) is 2.92. The number of aryl methyl sites for hydroxylation is 1. The summed E-state index contributed by atoms with van der Waals surface area (Å²) in [4.78, 5) is -0.654. The Morgan fingerprint density at radius 1 is 1.00 bits per heavy atom. The minimum Gasteiger partial charge on any atom is -0.497 e. The smallest absolute Gasteiger partial charge is 0.134 e. The van der Waals surface area contributed by atoms with Crippen LogP contribution in [-0.4, -0.2) is 14.2 Å². The topological polar surface area (TPSA) is 18.5 Å². The minimum absolute atomic E-state index is 0.0697. The summed E-state index contributed by atoms with van der Waals surface area (Å²) in [6.45, 7) is 1.91. The Balaban J connectivity index is 2.55. The SMILES string of the molecule is COc1cc(F)c(C(Br)c2cc(C)ccc2OC)c(F)c1. The molecule has 0 amide bonds. The summed E-state index contributed by atoms with van der Waals surface area (Å²) in [6.07, 6.45) is 0. The predicted molar refractivity (Wildman–Crippen MR) is 81.4 cm³/mol. The number of hydrogen-bond donors (Lipinski definition) is 0. The summed E-state index contributed by atoms with van der Waals surface area (Å²) in [5, 5.41) is 0. The van der Waals surface area contributed by atoms with Gasteiger partial charge in [-0.25, -0.2) is 8.78 Å². The highest BCUT2D eigenvalue weighted by Crippen LogP contribution is 2.40. The first-order valence-corrected chi connectivity index (χ1v) is 7.21. The van der Waals surface area contributed by atoms with E-state index in [0.29, 0.717) is 11.3 Å². The van der Waals surface area contributed by atoms with Crippen LogP contribution in [0.25, 0.3) is 0 Å². The van der Waals surface area contributed by atoms with Crippen LogP contribution in [-0.2, 0) is 0 Å². The second-order valence-electron chi connectivity index (χ2n) is 4.61. The van der Waals surface area contributed by atoms with E-state index in [1.54, 1.807) is 6.07 Å². The van der Waals surface area contributed by atoms with Gasteiger partial charge in [0.15, 0.2) is 0 Å². The van der Waals surface area contributed by atoms with Gasteiger partial charge < -0.3 is 9.47 Å². The standard InChI is InChI=1S/C16H15BrF2O2/c1-9-4-5-14(21-3)11(6-9)16(17)15-12(18)7-10(20-2)8-13(15)19/h4-8,16H,1-3H3. The first-order valence-electron chi connectivity index (χ1n) is 6.29. The number of rotatable bonds is 4. The molecule has 0 saturated heterocycles. The van der Waals surface area contributed by atoms with Crippen LogP contribution in [0.4, 0.5) is 8.78 Å². The van der Waals surface area contributed by atoms with Gasteiger partial charge in [-0.3, -0.25) is 0 Å². The normalized spacial score (nSPS) is 12.1. The maximum Gasteiger partial charge on any atom is 0.134 e. The van der Waals surface area contributed by atoms with Gasteiger partial charge in [0.2, 0.25) is 0 Å². The largest absolute Gasteiger partial charge is 0.497 e. The molecule has 21 heavy (non-hydrogen) atoms. The average Bonchev–Trinajstić information content (AvgIpc) is 2.46. The lowest BCUT2D eigenvalue weighted by atomic mass is 10.0. The van der Waals surface area contributed by atoms with Crippen LogP contribution in [0, 0.1) is 18.6 Å². The summed E-state index contributed by atoms with van der Waals surface area (Å²) in [5.41, 5.74) is 1.57. The third kappa shape index (κ3) is 3.18. The van der Waals surface area contributed by atoms with Gasteiger partial charge in [-0.2, -0.15) is 0 Å². The zero-order valence-corrected chi connectivity index (χ0v) is 13.5. The van der Waals surface area contributed by atoms with E-state index in [9.17, 15) is 8.78 Å². The number of benzene rings is 2. The second-order valence-corrected chi connectivity index (χ2v) is 5.53. The first-order chi connectivity index (χ1) is 9.97. The summed E-state index contributed by atoms with van der Waals surface area (Å²) in [7, 11) is 2.89. The molecule has 5 heteroatoms. The van der Waals surface area contributed by atoms with Gasteiger partial charge in [0, 0.05) is 23.3 Å². The van der Waals surface area contributed by atoms with Gasteiger partial charge in [-0.05, 0) is 13.0 Å². The van der Waals surface area contributed by atoms with Crippen LogP contribution in [0.2, 0.25) is 0 Å². The van der Waals surface area contributed by atoms with Crippen molar-refractivity contribution in [3.8, 4) is 11.5 Å². The molecule has 0 spiro atoms. The molecule has 0 aliphatic carbocycles. The van der Waals surface area contributed by atoms with Crippen LogP contribution >= 0.6 is 15.9 Å². The number of methoxy groups -OCH3 is 2. The molecule has 0 radical (unpaired) electrons. The van der Waals surface area contributed by atoms with Crippen molar-refractivity contribution >= 4 is 15.9 Å². The molecule has 0 bridgehead atoms. The molecule has 112 valence electrons. The molecule has 1 atom stereocenters. The lowest BCUT2D eigenvalue weighted by Gasteiger charge is -2.17. The lowest BCUT2D eigenvalue weighted by Crippen LogP contribution is -2.04. The second kappa shape index (κ2) is 6.43. The maximum absolute atomic E-state index is 14.2. The average molecular weight is 357 g/mol. The summed E-state index contributed by atoms with van der Waals surface area (Å²) in [5.74, 6) is -0.628. The number of ether oxygens (including phenoxy) is 2. The molecule has 0 fully saturated rings. The van der Waals surface area contributed by atoms with E-state index in [1.165, 1.54) is 14.2 Å². The highest BCUT2D eigenvalue weighted by Gasteiger charge is 2.23. The molecule has 0 N–H and O–H groups in total. The molecule has 2 nitrogen and oxygen atoms in total. The van der Waals surface area contributed by atoms with E-state index < -0.39 is 16.5 Å². The van der Waals surface area contributed by atoms with E-state index in [1.807, 2.05) is 19.1 Å². The molecule has 2 aromatic rings. The molecule has 0 aliphatic heterocycles. The number of hydrogen-bond acceptors (Lipinski definition) is 2. The van der Waals surface area contributed by atoms with Crippen LogP contribution in [0.1, 0.15) is 21.5 Å². The van der Waals surface area contributed by atoms with Gasteiger partial charge in [0.1, 0.15) is 23.1 Å². The fraction of sp³-hybridized carbons (Fsp3) is 0.250. The molecule has 2 rings (SSSR count). The van der Waals surface area contributed by atoms with Crippen molar-refractivity contribution < 1.29 is 18.3 Å². The van der Waals surface area contributed by atoms with Crippen LogP contribution in [0.15, 0.2) is 30.3 Å². The molecule has 0 aliphatic rings. The van der Waals surface area contributed by atoms with Crippen LogP contribution in [0.5, 0.6) is 11.5 Å². The summed E-state index contributed by atoms with van der Waals surface area (Å²) < 4.78 is 38.5. The third-order valence-corrected chi connectivity index (χ3v) is 4.15. The third-order valence-electron chi connectivity index (χ3n) is 3.20. The van der Waals surface area contributed by atoms with Crippen LogP contribution in [0.3, 0.4) is 0 Å². The van der Waals surface area contributed by atoms with Crippen molar-refractivity contribution in [1.82, 2.24) is 0 Å². The van der Waals surface area contributed by atoms with Gasteiger partial charge >= 0.3 is 0 Å². The minimum atomic E-state index is -0.669. The summed E-state index contributed by atoms with van der Waals surface area (Å²) >= 11 is 3.37. The van der Waals surface area contributed by atoms with E-state index in [0.717, 1.165) is 17.7 Å². The van der Waals surface area contributed by atoms with Crippen molar-refractivity contribution in [3.63, 3.8) is 0 Å². The zero-order chi connectivity index (χ0) is 15.6. The van der Waals surface area contributed by atoms with Crippen molar-refractivity contribution in [2.75, 3.05) is 14.2 Å². The Morgan fingerprint density at radius 3 is 2.14 bits per heavy atom. The van der Waals surface area contributed by atoms with Crippen LogP contribution < -0.4 is 9.47 Å². The van der Waals surface area contributed by atoms with E-state index in [-0.39, 0.29) is 11.3 Å². The fourth-order valence-electron chi connectivity index (χ4n) is 2.13. The Morgan fingerprint density at radius 2 is 1.62 bits per heavy atom. The molecular weight excluding hydrogens is 342 g/mol. The van der Waals surface area contributed by atoms with Crippen molar-refractivity contribution in [3.05, 3.63) is 58.7 Å². The Hall–Kier alpha value is -1.62. The van der Waals surface area contributed by atoms with Gasteiger partial charge in [-0.1, -0.05) is 33.6 Å². The Labute approximate surface area is 130 Å². The molecule has 1 unspecified atom stereocenters. The van der Waals surface area contributed by atoms with Gasteiger partial charge in [0.05, 0.1) is 19.0 Å².